The summed E-state index contributed by atoms with van der Waals surface area (Å²) < 4.78 is 5.65. The highest BCUT2D eigenvalue weighted by atomic mass is 35.5. The first-order valence-electron chi connectivity index (χ1n) is 9.48. The summed E-state index contributed by atoms with van der Waals surface area (Å²) in [6.07, 6.45) is 0.941. The maximum Gasteiger partial charge on any atom is 0.261 e. The number of carbonyl (C=O) groups excluding carboxylic acids is 2. The molecule has 2 aromatic carbocycles. The van der Waals surface area contributed by atoms with E-state index < -0.39 is 6.04 Å². The minimum absolute atomic E-state index is 0.143. The van der Waals surface area contributed by atoms with Crippen molar-refractivity contribution < 1.29 is 14.3 Å². The van der Waals surface area contributed by atoms with Crippen LogP contribution >= 0.6 is 11.6 Å². The summed E-state index contributed by atoms with van der Waals surface area (Å²) in [5.74, 6) is 0.155. The van der Waals surface area contributed by atoms with Crippen molar-refractivity contribution in [2.45, 2.75) is 39.8 Å². The molecule has 0 heterocycles. The average molecular weight is 403 g/mol. The van der Waals surface area contributed by atoms with E-state index in [1.807, 2.05) is 43.3 Å². The summed E-state index contributed by atoms with van der Waals surface area (Å²) in [5.41, 5.74) is 2.05. The summed E-state index contributed by atoms with van der Waals surface area (Å²) in [6.45, 7) is 6.27. The molecular weight excluding hydrogens is 376 g/mol. The first kappa shape index (κ1) is 21.8. The summed E-state index contributed by atoms with van der Waals surface area (Å²) in [6, 6.07) is 14.3. The van der Waals surface area contributed by atoms with Crippen molar-refractivity contribution in [3.05, 3.63) is 64.7 Å². The van der Waals surface area contributed by atoms with Gasteiger partial charge < -0.3 is 15.0 Å². The molecule has 2 amide bonds. The molecule has 0 aliphatic carbocycles. The first-order valence-corrected chi connectivity index (χ1v) is 9.85. The normalized spacial score (nSPS) is 11.6. The van der Waals surface area contributed by atoms with Crippen LogP contribution in [0.25, 0.3) is 0 Å². The third-order valence-electron chi connectivity index (χ3n) is 4.45. The summed E-state index contributed by atoms with van der Waals surface area (Å²) in [4.78, 5) is 26.7. The number of likely N-dealkylation sites (N-methyl/N-ethyl adjacent to an activating group) is 1. The van der Waals surface area contributed by atoms with Gasteiger partial charge in [0.2, 0.25) is 5.91 Å². The molecule has 0 saturated heterocycles. The zero-order valence-corrected chi connectivity index (χ0v) is 17.3. The molecule has 0 aliphatic heterocycles. The Bertz CT molecular complexity index is 793. The lowest BCUT2D eigenvalue weighted by Crippen LogP contribution is -2.49. The van der Waals surface area contributed by atoms with E-state index in [1.165, 1.54) is 10.5 Å². The van der Waals surface area contributed by atoms with Gasteiger partial charge in [0.05, 0.1) is 0 Å². The van der Waals surface area contributed by atoms with Crippen LogP contribution in [0.1, 0.15) is 31.9 Å². The highest BCUT2D eigenvalue weighted by Gasteiger charge is 2.26. The molecule has 0 fully saturated rings. The monoisotopic (exact) mass is 402 g/mol. The van der Waals surface area contributed by atoms with Crippen LogP contribution < -0.4 is 10.1 Å². The van der Waals surface area contributed by atoms with Gasteiger partial charge in [-0.05, 0) is 55.7 Å². The number of nitrogens with zero attached hydrogens (tertiary/aromatic N) is 1. The van der Waals surface area contributed by atoms with Crippen LogP contribution in [0.4, 0.5) is 0 Å². The van der Waals surface area contributed by atoms with E-state index in [9.17, 15) is 9.59 Å². The SMILES string of the molecule is CCNC(=O)[C@@H](C)N(Cc1cccc(Cl)c1)C(=O)COc1ccc(CC)cc1. The number of hydrogen-bond donors (Lipinski definition) is 1. The second-order valence-corrected chi connectivity index (χ2v) is 6.94. The summed E-state index contributed by atoms with van der Waals surface area (Å²) in [5, 5.41) is 3.35. The van der Waals surface area contributed by atoms with Crippen LogP contribution in [0.3, 0.4) is 0 Å². The Morgan fingerprint density at radius 2 is 1.82 bits per heavy atom. The third-order valence-corrected chi connectivity index (χ3v) is 4.69. The lowest BCUT2D eigenvalue weighted by molar-refractivity contribution is -0.142. The zero-order chi connectivity index (χ0) is 20.5. The Balaban J connectivity index is 2.11. The number of halogens is 1. The second kappa shape index (κ2) is 10.7. The van der Waals surface area contributed by atoms with Gasteiger partial charge >= 0.3 is 0 Å². The fourth-order valence-electron chi connectivity index (χ4n) is 2.79. The number of ether oxygens (including phenoxy) is 1. The van der Waals surface area contributed by atoms with E-state index in [2.05, 4.69) is 12.2 Å². The molecule has 0 aromatic heterocycles. The van der Waals surface area contributed by atoms with E-state index in [0.29, 0.717) is 17.3 Å². The predicted molar refractivity (Wildman–Crippen MR) is 111 cm³/mol. The van der Waals surface area contributed by atoms with Crippen molar-refractivity contribution in [1.82, 2.24) is 10.2 Å². The van der Waals surface area contributed by atoms with Gasteiger partial charge in [-0.1, -0.05) is 42.8 Å². The molecule has 2 aromatic rings. The molecule has 0 spiro atoms. The third kappa shape index (κ3) is 6.27. The largest absolute Gasteiger partial charge is 0.484 e. The van der Waals surface area contributed by atoms with Crippen molar-refractivity contribution in [1.29, 1.82) is 0 Å². The van der Waals surface area contributed by atoms with E-state index in [-0.39, 0.29) is 25.0 Å². The van der Waals surface area contributed by atoms with Gasteiger partial charge in [0, 0.05) is 18.1 Å². The van der Waals surface area contributed by atoms with Crippen LogP contribution in [0.5, 0.6) is 5.75 Å². The fourth-order valence-corrected chi connectivity index (χ4v) is 3.00. The van der Waals surface area contributed by atoms with Crippen LogP contribution in [-0.2, 0) is 22.6 Å². The van der Waals surface area contributed by atoms with Gasteiger partial charge in [-0.25, -0.2) is 0 Å². The molecule has 0 radical (unpaired) electrons. The lowest BCUT2D eigenvalue weighted by Gasteiger charge is -2.28. The minimum atomic E-state index is -0.627. The molecule has 6 heteroatoms. The maximum absolute atomic E-state index is 12.9. The topological polar surface area (TPSA) is 58.6 Å². The molecule has 0 aliphatic rings. The van der Waals surface area contributed by atoms with Crippen LogP contribution in [-0.4, -0.2) is 35.9 Å². The van der Waals surface area contributed by atoms with Gasteiger partial charge in [0.25, 0.3) is 5.91 Å². The molecule has 0 unspecified atom stereocenters. The van der Waals surface area contributed by atoms with Gasteiger partial charge in [0.1, 0.15) is 11.8 Å². The predicted octanol–water partition coefficient (Wildman–Crippen LogP) is 3.83. The average Bonchev–Trinajstić information content (AvgIpc) is 2.70. The maximum atomic E-state index is 12.9. The standard InChI is InChI=1S/C22H27ClN2O3/c1-4-17-9-11-20(12-10-17)28-15-21(26)25(16(3)22(27)24-5-2)14-18-7-6-8-19(23)13-18/h6-13,16H,4-5,14-15H2,1-3H3,(H,24,27)/t16-/m1/s1. The first-order chi connectivity index (χ1) is 13.4. The Morgan fingerprint density at radius 1 is 1.11 bits per heavy atom. The Hall–Kier alpha value is -2.53. The molecular formula is C22H27ClN2O3. The van der Waals surface area contributed by atoms with Crippen LogP contribution in [0, 0.1) is 0 Å². The van der Waals surface area contributed by atoms with Gasteiger partial charge in [0.15, 0.2) is 6.61 Å². The van der Waals surface area contributed by atoms with E-state index in [1.54, 1.807) is 19.1 Å². The van der Waals surface area contributed by atoms with E-state index in [4.69, 9.17) is 16.3 Å². The molecule has 1 atom stereocenters. The number of nitrogens with one attached hydrogen (secondary N) is 1. The quantitative estimate of drug-likeness (QED) is 0.693. The summed E-state index contributed by atoms with van der Waals surface area (Å²) in [7, 11) is 0. The van der Waals surface area contributed by atoms with Crippen molar-refractivity contribution >= 4 is 23.4 Å². The van der Waals surface area contributed by atoms with E-state index in [0.717, 1.165) is 12.0 Å². The van der Waals surface area contributed by atoms with Crippen molar-refractivity contribution in [2.75, 3.05) is 13.2 Å². The number of hydrogen-bond acceptors (Lipinski definition) is 3. The van der Waals surface area contributed by atoms with Gasteiger partial charge in [-0.2, -0.15) is 0 Å². The number of aryl methyl sites for hydroxylation is 1. The van der Waals surface area contributed by atoms with Crippen LogP contribution in [0.2, 0.25) is 5.02 Å². The molecule has 0 saturated carbocycles. The van der Waals surface area contributed by atoms with Gasteiger partial charge in [-0.15, -0.1) is 0 Å². The number of carbonyl (C=O) groups is 2. The van der Waals surface area contributed by atoms with E-state index >= 15 is 0 Å². The molecule has 2 rings (SSSR count). The zero-order valence-electron chi connectivity index (χ0n) is 16.6. The highest BCUT2D eigenvalue weighted by Crippen LogP contribution is 2.16. The number of amides is 2. The lowest BCUT2D eigenvalue weighted by atomic mass is 10.1. The Kier molecular flexibility index (Phi) is 8.33. The minimum Gasteiger partial charge on any atom is -0.484 e. The molecule has 0 bridgehead atoms. The number of rotatable bonds is 9. The van der Waals surface area contributed by atoms with Crippen molar-refractivity contribution in [2.24, 2.45) is 0 Å². The Morgan fingerprint density at radius 3 is 2.43 bits per heavy atom. The van der Waals surface area contributed by atoms with Crippen molar-refractivity contribution in [3.8, 4) is 5.75 Å². The molecule has 150 valence electrons. The summed E-state index contributed by atoms with van der Waals surface area (Å²) >= 11 is 6.06. The second-order valence-electron chi connectivity index (χ2n) is 6.51. The highest BCUT2D eigenvalue weighted by molar-refractivity contribution is 6.30. The Labute approximate surface area is 171 Å². The van der Waals surface area contributed by atoms with Gasteiger partial charge in [-0.3, -0.25) is 9.59 Å². The van der Waals surface area contributed by atoms with Crippen LogP contribution in [0.15, 0.2) is 48.5 Å². The fraction of sp³-hybridized carbons (Fsp3) is 0.364. The molecule has 5 nitrogen and oxygen atoms in total. The molecule has 28 heavy (non-hydrogen) atoms. The molecule has 1 N–H and O–H groups in total. The number of benzene rings is 2. The van der Waals surface area contributed by atoms with Crippen molar-refractivity contribution in [3.63, 3.8) is 0 Å². The smallest absolute Gasteiger partial charge is 0.261 e.